The Bertz CT molecular complexity index is 259. The fraction of sp³-hybridized carbons (Fsp3) is 0.933. The van der Waals surface area contributed by atoms with Crippen molar-refractivity contribution in [2.45, 2.75) is 65.5 Å². The van der Waals surface area contributed by atoms with Crippen molar-refractivity contribution >= 4 is 5.97 Å². The van der Waals surface area contributed by atoms with Crippen LogP contribution in [0, 0.1) is 0 Å². The molecule has 0 rings (SSSR count). The molecule has 0 amide bonds. The van der Waals surface area contributed by atoms with Crippen molar-refractivity contribution in [2.24, 2.45) is 0 Å². The van der Waals surface area contributed by atoms with Crippen LogP contribution < -0.4 is 5.32 Å². The van der Waals surface area contributed by atoms with E-state index in [9.17, 15) is 4.79 Å². The summed E-state index contributed by atoms with van der Waals surface area (Å²) < 4.78 is 5.20. The standard InChI is InChI=1S/C15H32N2O2/c1-7-11-16-15(5,14(18)19-9-3)10-12-17(6)13(4)8-2/h13,16H,7-12H2,1-6H3. The zero-order valence-corrected chi connectivity index (χ0v) is 13.6. The number of ether oxygens (including phenoxy) is 1. The molecule has 0 aromatic carbocycles. The second-order valence-corrected chi connectivity index (χ2v) is 5.47. The maximum Gasteiger partial charge on any atom is 0.326 e. The first-order chi connectivity index (χ1) is 8.91. The maximum atomic E-state index is 12.1. The van der Waals surface area contributed by atoms with Gasteiger partial charge in [-0.3, -0.25) is 4.79 Å². The number of nitrogens with zero attached hydrogens (tertiary/aromatic N) is 1. The first kappa shape index (κ1) is 18.4. The summed E-state index contributed by atoms with van der Waals surface area (Å²) in [6.07, 6.45) is 2.90. The summed E-state index contributed by atoms with van der Waals surface area (Å²) in [4.78, 5) is 14.4. The van der Waals surface area contributed by atoms with Gasteiger partial charge in [0.25, 0.3) is 0 Å². The fourth-order valence-electron chi connectivity index (χ4n) is 1.89. The Hall–Kier alpha value is -0.610. The number of hydrogen-bond acceptors (Lipinski definition) is 4. The average Bonchev–Trinajstić information content (AvgIpc) is 2.41. The number of carbonyl (C=O) groups is 1. The van der Waals surface area contributed by atoms with Gasteiger partial charge >= 0.3 is 5.97 Å². The molecule has 0 heterocycles. The molecule has 0 spiro atoms. The molecule has 1 N–H and O–H groups in total. The highest BCUT2D eigenvalue weighted by Gasteiger charge is 2.34. The predicted molar refractivity (Wildman–Crippen MR) is 80.3 cm³/mol. The van der Waals surface area contributed by atoms with E-state index in [1.807, 2.05) is 13.8 Å². The van der Waals surface area contributed by atoms with Crippen molar-refractivity contribution in [1.82, 2.24) is 10.2 Å². The van der Waals surface area contributed by atoms with E-state index in [2.05, 4.69) is 38.0 Å². The molecule has 2 unspecified atom stereocenters. The minimum Gasteiger partial charge on any atom is -0.465 e. The van der Waals surface area contributed by atoms with Crippen LogP contribution in [0.25, 0.3) is 0 Å². The smallest absolute Gasteiger partial charge is 0.326 e. The van der Waals surface area contributed by atoms with Crippen LogP contribution in [0.1, 0.15) is 53.9 Å². The minimum atomic E-state index is -0.576. The molecule has 0 fully saturated rings. The second-order valence-electron chi connectivity index (χ2n) is 5.47. The zero-order chi connectivity index (χ0) is 14.9. The van der Waals surface area contributed by atoms with Gasteiger partial charge in [-0.1, -0.05) is 13.8 Å². The molecule has 0 bridgehead atoms. The van der Waals surface area contributed by atoms with E-state index in [1.54, 1.807) is 0 Å². The van der Waals surface area contributed by atoms with Gasteiger partial charge in [-0.05, 0) is 53.6 Å². The van der Waals surface area contributed by atoms with Crippen molar-refractivity contribution < 1.29 is 9.53 Å². The molecule has 4 nitrogen and oxygen atoms in total. The van der Waals surface area contributed by atoms with Crippen molar-refractivity contribution in [3.8, 4) is 0 Å². The molecule has 114 valence electrons. The number of nitrogens with one attached hydrogen (secondary N) is 1. The van der Waals surface area contributed by atoms with E-state index < -0.39 is 5.54 Å². The van der Waals surface area contributed by atoms with Gasteiger partial charge in [0.15, 0.2) is 0 Å². The Morgan fingerprint density at radius 1 is 1.37 bits per heavy atom. The maximum absolute atomic E-state index is 12.1. The summed E-state index contributed by atoms with van der Waals surface area (Å²) in [6.45, 7) is 12.5. The molecule has 0 aromatic heterocycles. The molecule has 0 aliphatic carbocycles. The van der Waals surface area contributed by atoms with Gasteiger partial charge in [-0.2, -0.15) is 0 Å². The summed E-state index contributed by atoms with van der Waals surface area (Å²) in [6, 6.07) is 0.539. The monoisotopic (exact) mass is 272 g/mol. The lowest BCUT2D eigenvalue weighted by Crippen LogP contribution is -2.52. The molecule has 0 radical (unpaired) electrons. The van der Waals surface area contributed by atoms with E-state index in [0.29, 0.717) is 12.6 Å². The van der Waals surface area contributed by atoms with Crippen LogP contribution in [-0.2, 0) is 9.53 Å². The number of rotatable bonds is 10. The molecular formula is C15H32N2O2. The minimum absolute atomic E-state index is 0.138. The van der Waals surface area contributed by atoms with Crippen molar-refractivity contribution in [2.75, 3.05) is 26.7 Å². The van der Waals surface area contributed by atoms with E-state index in [0.717, 1.165) is 32.4 Å². The average molecular weight is 272 g/mol. The SMILES string of the molecule is CCCNC(C)(CCN(C)C(C)CC)C(=O)OCC. The second kappa shape index (κ2) is 9.32. The third kappa shape index (κ3) is 6.39. The van der Waals surface area contributed by atoms with Crippen molar-refractivity contribution in [1.29, 1.82) is 0 Å². The van der Waals surface area contributed by atoms with Crippen LogP contribution in [0.5, 0.6) is 0 Å². The van der Waals surface area contributed by atoms with Crippen LogP contribution in [0.3, 0.4) is 0 Å². The quantitative estimate of drug-likeness (QED) is 0.620. The van der Waals surface area contributed by atoms with Gasteiger partial charge in [0.1, 0.15) is 5.54 Å². The summed E-state index contributed by atoms with van der Waals surface area (Å²) in [7, 11) is 2.11. The Kier molecular flexibility index (Phi) is 9.02. The lowest BCUT2D eigenvalue weighted by atomic mass is 9.97. The normalized spacial score (nSPS) is 16.2. The Morgan fingerprint density at radius 2 is 2.00 bits per heavy atom. The number of carbonyl (C=O) groups excluding carboxylic acids is 1. The first-order valence-electron chi connectivity index (χ1n) is 7.53. The third-order valence-electron chi connectivity index (χ3n) is 3.80. The highest BCUT2D eigenvalue weighted by atomic mass is 16.5. The Labute approximate surface area is 118 Å². The lowest BCUT2D eigenvalue weighted by molar-refractivity contribution is -0.151. The van der Waals surface area contributed by atoms with Crippen LogP contribution in [0.2, 0.25) is 0 Å². The largest absolute Gasteiger partial charge is 0.465 e. The van der Waals surface area contributed by atoms with E-state index >= 15 is 0 Å². The Morgan fingerprint density at radius 3 is 2.47 bits per heavy atom. The highest BCUT2D eigenvalue weighted by Crippen LogP contribution is 2.14. The van der Waals surface area contributed by atoms with Gasteiger partial charge in [-0.25, -0.2) is 0 Å². The molecule has 0 saturated carbocycles. The lowest BCUT2D eigenvalue weighted by Gasteiger charge is -2.32. The van der Waals surface area contributed by atoms with Crippen LogP contribution >= 0.6 is 0 Å². The van der Waals surface area contributed by atoms with Gasteiger partial charge in [0, 0.05) is 12.6 Å². The van der Waals surface area contributed by atoms with Gasteiger partial charge in [-0.15, -0.1) is 0 Å². The summed E-state index contributed by atoms with van der Waals surface area (Å²) >= 11 is 0. The van der Waals surface area contributed by atoms with Crippen LogP contribution in [0.15, 0.2) is 0 Å². The molecule has 0 aliphatic heterocycles. The van der Waals surface area contributed by atoms with Crippen LogP contribution in [-0.4, -0.2) is 49.2 Å². The van der Waals surface area contributed by atoms with Gasteiger partial charge in [0.2, 0.25) is 0 Å². The molecule has 2 atom stereocenters. The fourth-order valence-corrected chi connectivity index (χ4v) is 1.89. The predicted octanol–water partition coefficient (Wildman–Crippen LogP) is 2.43. The van der Waals surface area contributed by atoms with Crippen molar-refractivity contribution in [3.05, 3.63) is 0 Å². The Balaban J connectivity index is 4.53. The number of esters is 1. The molecule has 19 heavy (non-hydrogen) atoms. The summed E-state index contributed by atoms with van der Waals surface area (Å²) in [5.74, 6) is -0.138. The molecule has 0 aromatic rings. The number of hydrogen-bond donors (Lipinski definition) is 1. The summed E-state index contributed by atoms with van der Waals surface area (Å²) in [5, 5.41) is 3.34. The molecule has 4 heteroatoms. The third-order valence-corrected chi connectivity index (χ3v) is 3.80. The van der Waals surface area contributed by atoms with E-state index in [4.69, 9.17) is 4.74 Å². The first-order valence-corrected chi connectivity index (χ1v) is 7.53. The van der Waals surface area contributed by atoms with E-state index in [-0.39, 0.29) is 5.97 Å². The highest BCUT2D eigenvalue weighted by molar-refractivity contribution is 5.80. The summed E-state index contributed by atoms with van der Waals surface area (Å²) in [5.41, 5.74) is -0.576. The topological polar surface area (TPSA) is 41.6 Å². The molecule has 0 aliphatic rings. The van der Waals surface area contributed by atoms with E-state index in [1.165, 1.54) is 0 Å². The van der Waals surface area contributed by atoms with Crippen LogP contribution in [0.4, 0.5) is 0 Å². The van der Waals surface area contributed by atoms with Crippen molar-refractivity contribution in [3.63, 3.8) is 0 Å². The molecular weight excluding hydrogens is 240 g/mol. The van der Waals surface area contributed by atoms with Gasteiger partial charge < -0.3 is 15.0 Å². The molecule has 0 saturated heterocycles. The van der Waals surface area contributed by atoms with Gasteiger partial charge in [0.05, 0.1) is 6.61 Å². The zero-order valence-electron chi connectivity index (χ0n) is 13.6.